The van der Waals surface area contributed by atoms with Crippen molar-refractivity contribution in [2.24, 2.45) is 25.9 Å². The molecule has 33 heavy (non-hydrogen) atoms. The molecule has 1 fully saturated rings. The Kier molecular flexibility index (Phi) is 6.57. The lowest BCUT2D eigenvalue weighted by molar-refractivity contribution is -0.119. The van der Waals surface area contributed by atoms with E-state index in [2.05, 4.69) is 32.7 Å². The van der Waals surface area contributed by atoms with Crippen molar-refractivity contribution in [1.29, 1.82) is 0 Å². The summed E-state index contributed by atoms with van der Waals surface area (Å²) in [5.41, 5.74) is 3.77. The standard InChI is InChI=1S/C24H31N7O2/c1-15-5-7-17(8-6-15)21(29-23(32)20-11-12-26-30(20)3)24(33)28-18-9-10-19(25-14-18)22-16(2)13-27-31(22)4/h9-15,17,21H,5-8H2,1-4H3,(H,28,33)(H,29,32)/t15?,17?,21-/m0/s1. The molecule has 3 aromatic heterocycles. The van der Waals surface area contributed by atoms with Crippen LogP contribution in [0, 0.1) is 18.8 Å². The Labute approximate surface area is 193 Å². The lowest BCUT2D eigenvalue weighted by atomic mass is 9.79. The maximum Gasteiger partial charge on any atom is 0.270 e. The second-order valence-electron chi connectivity index (χ2n) is 9.03. The molecule has 0 spiro atoms. The fourth-order valence-corrected chi connectivity index (χ4v) is 4.57. The molecule has 4 rings (SSSR count). The summed E-state index contributed by atoms with van der Waals surface area (Å²) in [5, 5.41) is 14.2. The molecular formula is C24H31N7O2. The summed E-state index contributed by atoms with van der Waals surface area (Å²) in [6, 6.07) is 4.72. The molecule has 1 saturated carbocycles. The molecule has 1 aliphatic rings. The highest BCUT2D eigenvalue weighted by Gasteiger charge is 2.33. The molecule has 9 heteroatoms. The quantitative estimate of drug-likeness (QED) is 0.601. The lowest BCUT2D eigenvalue weighted by Gasteiger charge is -2.32. The number of carbonyl (C=O) groups excluding carboxylic acids is 2. The monoisotopic (exact) mass is 449 g/mol. The summed E-state index contributed by atoms with van der Waals surface area (Å²) >= 11 is 0. The molecule has 0 bridgehead atoms. The number of nitrogens with zero attached hydrogens (tertiary/aromatic N) is 5. The Hall–Kier alpha value is -3.49. The molecule has 1 atom stereocenters. The van der Waals surface area contributed by atoms with E-state index in [1.54, 1.807) is 36.4 Å². The van der Waals surface area contributed by atoms with Gasteiger partial charge in [-0.25, -0.2) is 0 Å². The zero-order chi connectivity index (χ0) is 23.5. The number of hydrogen-bond donors (Lipinski definition) is 2. The average Bonchev–Trinajstić information content (AvgIpc) is 3.38. The van der Waals surface area contributed by atoms with E-state index < -0.39 is 6.04 Å². The number of anilines is 1. The maximum absolute atomic E-state index is 13.3. The van der Waals surface area contributed by atoms with E-state index in [-0.39, 0.29) is 17.7 Å². The number of rotatable bonds is 6. The van der Waals surface area contributed by atoms with Crippen molar-refractivity contribution < 1.29 is 9.59 Å². The minimum absolute atomic E-state index is 0.0858. The van der Waals surface area contributed by atoms with Crippen molar-refractivity contribution in [1.82, 2.24) is 29.9 Å². The summed E-state index contributed by atoms with van der Waals surface area (Å²) in [7, 11) is 3.59. The smallest absolute Gasteiger partial charge is 0.270 e. The van der Waals surface area contributed by atoms with Gasteiger partial charge in [-0.3, -0.25) is 23.9 Å². The van der Waals surface area contributed by atoms with Crippen molar-refractivity contribution in [2.45, 2.75) is 45.6 Å². The highest BCUT2D eigenvalue weighted by molar-refractivity contribution is 6.00. The van der Waals surface area contributed by atoms with Crippen LogP contribution in [0.25, 0.3) is 11.4 Å². The predicted molar refractivity (Wildman–Crippen MR) is 125 cm³/mol. The first-order chi connectivity index (χ1) is 15.8. The fourth-order valence-electron chi connectivity index (χ4n) is 4.57. The maximum atomic E-state index is 13.3. The second kappa shape index (κ2) is 9.56. The van der Waals surface area contributed by atoms with Gasteiger partial charge in [0.15, 0.2) is 0 Å². The zero-order valence-corrected chi connectivity index (χ0v) is 19.6. The zero-order valence-electron chi connectivity index (χ0n) is 19.6. The fraction of sp³-hybridized carbons (Fsp3) is 0.458. The summed E-state index contributed by atoms with van der Waals surface area (Å²) in [5.74, 6) is 0.206. The molecule has 1 aliphatic carbocycles. The van der Waals surface area contributed by atoms with Crippen molar-refractivity contribution in [3.8, 4) is 11.4 Å². The third-order valence-electron chi connectivity index (χ3n) is 6.55. The number of pyridine rings is 1. The summed E-state index contributed by atoms with van der Waals surface area (Å²) in [6.45, 7) is 4.22. The van der Waals surface area contributed by atoms with Crippen LogP contribution in [0.3, 0.4) is 0 Å². The van der Waals surface area contributed by atoms with Gasteiger partial charge in [-0.05, 0) is 55.4 Å². The second-order valence-corrected chi connectivity index (χ2v) is 9.03. The molecule has 0 unspecified atom stereocenters. The Bertz CT molecular complexity index is 1100. The molecule has 3 heterocycles. The van der Waals surface area contributed by atoms with Gasteiger partial charge in [0.25, 0.3) is 5.91 Å². The molecule has 2 amide bonds. The Morgan fingerprint density at radius 1 is 1.03 bits per heavy atom. The normalized spacial score (nSPS) is 19.2. The number of nitrogens with one attached hydrogen (secondary N) is 2. The molecule has 174 valence electrons. The van der Waals surface area contributed by atoms with E-state index in [1.807, 2.05) is 26.1 Å². The first-order valence-electron chi connectivity index (χ1n) is 11.4. The van der Waals surface area contributed by atoms with E-state index in [9.17, 15) is 9.59 Å². The third-order valence-corrected chi connectivity index (χ3v) is 6.55. The van der Waals surface area contributed by atoms with Crippen molar-refractivity contribution >= 4 is 17.5 Å². The van der Waals surface area contributed by atoms with Gasteiger partial charge in [0.05, 0.1) is 29.5 Å². The number of aryl methyl sites for hydroxylation is 3. The topological polar surface area (TPSA) is 107 Å². The van der Waals surface area contributed by atoms with Gasteiger partial charge < -0.3 is 10.6 Å². The largest absolute Gasteiger partial charge is 0.339 e. The van der Waals surface area contributed by atoms with Crippen molar-refractivity contribution in [3.63, 3.8) is 0 Å². The molecule has 9 nitrogen and oxygen atoms in total. The molecule has 2 N–H and O–H groups in total. The first kappa shape index (κ1) is 22.7. The number of hydrogen-bond acceptors (Lipinski definition) is 5. The van der Waals surface area contributed by atoms with Crippen LogP contribution in [0.2, 0.25) is 0 Å². The van der Waals surface area contributed by atoms with Crippen LogP contribution < -0.4 is 10.6 Å². The summed E-state index contributed by atoms with van der Waals surface area (Å²) in [4.78, 5) is 30.7. The van der Waals surface area contributed by atoms with Crippen LogP contribution in [0.1, 0.15) is 48.7 Å². The van der Waals surface area contributed by atoms with Gasteiger partial charge in [-0.15, -0.1) is 0 Å². The Morgan fingerprint density at radius 3 is 2.36 bits per heavy atom. The SMILES string of the molecule is Cc1cnn(C)c1-c1ccc(NC(=O)[C@@H](NC(=O)c2ccnn2C)C2CCC(C)CC2)cn1. The van der Waals surface area contributed by atoms with Gasteiger partial charge in [-0.1, -0.05) is 19.8 Å². The molecule has 0 aliphatic heterocycles. The van der Waals surface area contributed by atoms with Crippen LogP contribution in [0.5, 0.6) is 0 Å². The summed E-state index contributed by atoms with van der Waals surface area (Å²) < 4.78 is 3.29. The van der Waals surface area contributed by atoms with Crippen LogP contribution >= 0.6 is 0 Å². The molecule has 0 radical (unpaired) electrons. The van der Waals surface area contributed by atoms with Crippen molar-refractivity contribution in [3.05, 3.63) is 48.0 Å². The third kappa shape index (κ3) is 4.97. The van der Waals surface area contributed by atoms with E-state index in [0.717, 1.165) is 42.6 Å². The predicted octanol–water partition coefficient (Wildman–Crippen LogP) is 3.09. The van der Waals surface area contributed by atoms with E-state index >= 15 is 0 Å². The highest BCUT2D eigenvalue weighted by atomic mass is 16.2. The number of aromatic nitrogens is 5. The van der Waals surface area contributed by atoms with Gasteiger partial charge in [0, 0.05) is 20.3 Å². The van der Waals surface area contributed by atoms with E-state index in [0.29, 0.717) is 17.3 Å². The first-order valence-corrected chi connectivity index (χ1v) is 11.4. The minimum Gasteiger partial charge on any atom is -0.339 e. The molecule has 0 aromatic carbocycles. The molecule has 0 saturated heterocycles. The van der Waals surface area contributed by atoms with Gasteiger partial charge >= 0.3 is 0 Å². The van der Waals surface area contributed by atoms with Crippen LogP contribution in [-0.2, 0) is 18.9 Å². The Balaban J connectivity index is 1.51. The van der Waals surface area contributed by atoms with E-state index in [1.165, 1.54) is 4.68 Å². The van der Waals surface area contributed by atoms with Crippen molar-refractivity contribution in [2.75, 3.05) is 5.32 Å². The van der Waals surface area contributed by atoms with Crippen LogP contribution in [0.4, 0.5) is 5.69 Å². The number of amides is 2. The van der Waals surface area contributed by atoms with Gasteiger partial charge in [-0.2, -0.15) is 10.2 Å². The average molecular weight is 450 g/mol. The Morgan fingerprint density at radius 2 is 1.79 bits per heavy atom. The highest BCUT2D eigenvalue weighted by Crippen LogP contribution is 2.31. The molecule has 3 aromatic rings. The summed E-state index contributed by atoms with van der Waals surface area (Å²) in [6.07, 6.45) is 8.93. The number of carbonyl (C=O) groups is 2. The minimum atomic E-state index is -0.626. The molecular weight excluding hydrogens is 418 g/mol. The lowest BCUT2D eigenvalue weighted by Crippen LogP contribution is -2.49. The van der Waals surface area contributed by atoms with Crippen LogP contribution in [0.15, 0.2) is 36.8 Å². The van der Waals surface area contributed by atoms with Gasteiger partial charge in [0.2, 0.25) is 5.91 Å². The van der Waals surface area contributed by atoms with Crippen LogP contribution in [-0.4, -0.2) is 42.4 Å². The van der Waals surface area contributed by atoms with Gasteiger partial charge in [0.1, 0.15) is 11.7 Å². The van der Waals surface area contributed by atoms with E-state index in [4.69, 9.17) is 0 Å².